The molecule has 1 rings (SSSR count). The van der Waals surface area contributed by atoms with Crippen molar-refractivity contribution in [2.75, 3.05) is 18.4 Å². The van der Waals surface area contributed by atoms with Gasteiger partial charge in [0.2, 0.25) is 11.8 Å². The van der Waals surface area contributed by atoms with Gasteiger partial charge in [-0.3, -0.25) is 9.59 Å². The summed E-state index contributed by atoms with van der Waals surface area (Å²) in [6.07, 6.45) is 0.655. The monoisotopic (exact) mass is 334 g/mol. The molecule has 0 aliphatic heterocycles. The number of carbonyl (C=O) groups is 3. The summed E-state index contributed by atoms with van der Waals surface area (Å²) in [5, 5.41) is 10.7. The quantitative estimate of drug-likeness (QED) is 0.633. The number of carbonyl (C=O) groups excluding carboxylic acids is 3. The lowest BCUT2D eigenvalue weighted by Gasteiger charge is -2.20. The largest absolute Gasteiger partial charge is 0.350 e. The minimum atomic E-state index is -0.381. The number of hydrogen-bond acceptors (Lipinski definition) is 3. The van der Waals surface area contributed by atoms with Crippen LogP contribution in [-0.4, -0.2) is 36.5 Å². The number of anilines is 1. The van der Waals surface area contributed by atoms with Gasteiger partial charge in [0.25, 0.3) is 0 Å². The van der Waals surface area contributed by atoms with Crippen LogP contribution in [0.1, 0.15) is 33.3 Å². The second-order valence-electron chi connectivity index (χ2n) is 6.54. The Kier molecular flexibility index (Phi) is 7.23. The van der Waals surface area contributed by atoms with Crippen molar-refractivity contribution in [3.05, 3.63) is 29.8 Å². The number of urea groups is 1. The van der Waals surface area contributed by atoms with Gasteiger partial charge in [0.15, 0.2) is 0 Å². The second-order valence-corrected chi connectivity index (χ2v) is 6.54. The van der Waals surface area contributed by atoms with Gasteiger partial charge >= 0.3 is 6.03 Å². The predicted octanol–water partition coefficient (Wildman–Crippen LogP) is 1.40. The van der Waals surface area contributed by atoms with Crippen LogP contribution in [0, 0.1) is 0 Å². The summed E-state index contributed by atoms with van der Waals surface area (Å²) < 4.78 is 0. The molecule has 0 bridgehead atoms. The first kappa shape index (κ1) is 19.5. The Balaban J connectivity index is 2.25. The first-order chi connectivity index (χ1) is 11.2. The minimum absolute atomic E-state index is 0.0610. The van der Waals surface area contributed by atoms with E-state index in [1.54, 1.807) is 0 Å². The van der Waals surface area contributed by atoms with Crippen LogP contribution in [-0.2, 0) is 16.0 Å². The minimum Gasteiger partial charge on any atom is -0.350 e. The average molecular weight is 334 g/mol. The van der Waals surface area contributed by atoms with Gasteiger partial charge in [0, 0.05) is 24.7 Å². The van der Waals surface area contributed by atoms with Crippen molar-refractivity contribution < 1.29 is 14.4 Å². The van der Waals surface area contributed by atoms with Gasteiger partial charge in [-0.05, 0) is 44.9 Å². The van der Waals surface area contributed by atoms with E-state index in [1.807, 2.05) is 45.0 Å². The Bertz CT molecular complexity index is 576. The average Bonchev–Trinajstić information content (AvgIpc) is 2.45. The van der Waals surface area contributed by atoms with E-state index in [-0.39, 0.29) is 29.9 Å². The van der Waals surface area contributed by atoms with E-state index < -0.39 is 0 Å². The fourth-order valence-electron chi connectivity index (χ4n) is 1.96. The topological polar surface area (TPSA) is 99.3 Å². The summed E-state index contributed by atoms with van der Waals surface area (Å²) in [5.41, 5.74) is 1.45. The Labute approximate surface area is 142 Å². The number of rotatable bonds is 6. The van der Waals surface area contributed by atoms with Crippen LogP contribution in [0.2, 0.25) is 0 Å². The molecule has 0 spiro atoms. The highest BCUT2D eigenvalue weighted by molar-refractivity contribution is 5.88. The summed E-state index contributed by atoms with van der Waals surface area (Å²) in [6, 6.07) is 7.03. The van der Waals surface area contributed by atoms with Crippen molar-refractivity contribution in [2.24, 2.45) is 0 Å². The zero-order chi connectivity index (χ0) is 18.2. The highest BCUT2D eigenvalue weighted by Gasteiger charge is 2.13. The zero-order valence-electron chi connectivity index (χ0n) is 14.7. The van der Waals surface area contributed by atoms with Crippen molar-refractivity contribution in [1.82, 2.24) is 16.0 Å². The highest BCUT2D eigenvalue weighted by atomic mass is 16.2. The number of benzene rings is 1. The molecule has 0 atom stereocenters. The van der Waals surface area contributed by atoms with Gasteiger partial charge in [-0.25, -0.2) is 4.79 Å². The highest BCUT2D eigenvalue weighted by Crippen LogP contribution is 2.09. The molecule has 1 aromatic rings. The molecule has 0 radical (unpaired) electrons. The van der Waals surface area contributed by atoms with Crippen LogP contribution in [0.3, 0.4) is 0 Å². The van der Waals surface area contributed by atoms with E-state index in [2.05, 4.69) is 21.3 Å². The molecule has 1 aromatic carbocycles. The summed E-state index contributed by atoms with van der Waals surface area (Å²) in [5.74, 6) is -0.345. The van der Waals surface area contributed by atoms with E-state index in [9.17, 15) is 14.4 Å². The smallest absolute Gasteiger partial charge is 0.315 e. The lowest BCUT2D eigenvalue weighted by molar-refractivity contribution is -0.121. The van der Waals surface area contributed by atoms with Crippen LogP contribution in [0.15, 0.2) is 24.3 Å². The van der Waals surface area contributed by atoms with Gasteiger partial charge in [0.05, 0.1) is 6.54 Å². The van der Waals surface area contributed by atoms with Crippen molar-refractivity contribution in [1.29, 1.82) is 0 Å². The molecular weight excluding hydrogens is 308 g/mol. The number of amides is 4. The lowest BCUT2D eigenvalue weighted by Crippen LogP contribution is -2.47. The summed E-state index contributed by atoms with van der Waals surface area (Å²) >= 11 is 0. The fourth-order valence-corrected chi connectivity index (χ4v) is 1.96. The van der Waals surface area contributed by atoms with E-state index in [0.29, 0.717) is 13.0 Å². The Morgan fingerprint density at radius 1 is 1.00 bits per heavy atom. The van der Waals surface area contributed by atoms with E-state index >= 15 is 0 Å². The third-order valence-electron chi connectivity index (χ3n) is 2.90. The standard InChI is InChI=1S/C17H26N4O3/c1-12(22)20-14-7-5-13(6-8-14)9-10-18-16(24)19-11-15(23)21-17(2,3)4/h5-8H,9-11H2,1-4H3,(H,20,22)(H,21,23)(H2,18,19,24). The Morgan fingerprint density at radius 3 is 2.17 bits per heavy atom. The first-order valence-electron chi connectivity index (χ1n) is 7.85. The fraction of sp³-hybridized carbons (Fsp3) is 0.471. The Hall–Kier alpha value is -2.57. The van der Waals surface area contributed by atoms with Crippen molar-refractivity contribution in [3.8, 4) is 0 Å². The molecule has 0 unspecified atom stereocenters. The molecule has 0 aromatic heterocycles. The molecule has 24 heavy (non-hydrogen) atoms. The van der Waals surface area contributed by atoms with Gasteiger partial charge < -0.3 is 21.3 Å². The van der Waals surface area contributed by atoms with Gasteiger partial charge in [0.1, 0.15) is 0 Å². The van der Waals surface area contributed by atoms with Gasteiger partial charge in [-0.1, -0.05) is 12.1 Å². The molecule has 4 amide bonds. The Morgan fingerprint density at radius 2 is 1.62 bits per heavy atom. The van der Waals surface area contributed by atoms with Crippen LogP contribution in [0.25, 0.3) is 0 Å². The van der Waals surface area contributed by atoms with Gasteiger partial charge in [-0.2, -0.15) is 0 Å². The molecular formula is C17H26N4O3. The third-order valence-corrected chi connectivity index (χ3v) is 2.90. The van der Waals surface area contributed by atoms with Crippen LogP contribution < -0.4 is 21.3 Å². The number of nitrogens with one attached hydrogen (secondary N) is 4. The van der Waals surface area contributed by atoms with E-state index in [0.717, 1.165) is 11.3 Å². The maximum atomic E-state index is 11.6. The van der Waals surface area contributed by atoms with Crippen LogP contribution >= 0.6 is 0 Å². The second kappa shape index (κ2) is 8.90. The van der Waals surface area contributed by atoms with Gasteiger partial charge in [-0.15, -0.1) is 0 Å². The summed E-state index contributed by atoms with van der Waals surface area (Å²) in [6.45, 7) is 7.48. The van der Waals surface area contributed by atoms with Crippen LogP contribution in [0.4, 0.5) is 10.5 Å². The zero-order valence-corrected chi connectivity index (χ0v) is 14.7. The van der Waals surface area contributed by atoms with Crippen molar-refractivity contribution in [2.45, 2.75) is 39.7 Å². The first-order valence-corrected chi connectivity index (χ1v) is 7.85. The lowest BCUT2D eigenvalue weighted by atomic mass is 10.1. The number of hydrogen-bond donors (Lipinski definition) is 4. The third kappa shape index (κ3) is 8.77. The molecule has 4 N–H and O–H groups in total. The summed E-state index contributed by atoms with van der Waals surface area (Å²) in [7, 11) is 0. The maximum absolute atomic E-state index is 11.6. The molecule has 0 saturated carbocycles. The van der Waals surface area contributed by atoms with Crippen molar-refractivity contribution in [3.63, 3.8) is 0 Å². The molecule has 0 aliphatic rings. The molecule has 0 saturated heterocycles. The SMILES string of the molecule is CC(=O)Nc1ccc(CCNC(=O)NCC(=O)NC(C)(C)C)cc1. The van der Waals surface area contributed by atoms with E-state index in [1.165, 1.54) is 6.92 Å². The summed E-state index contributed by atoms with van der Waals surface area (Å²) in [4.78, 5) is 34.1. The molecule has 0 aliphatic carbocycles. The molecule has 0 heterocycles. The van der Waals surface area contributed by atoms with Crippen molar-refractivity contribution >= 4 is 23.5 Å². The molecule has 132 valence electrons. The normalized spacial score (nSPS) is 10.7. The molecule has 7 nitrogen and oxygen atoms in total. The molecule has 0 fully saturated rings. The molecule has 7 heteroatoms. The van der Waals surface area contributed by atoms with E-state index in [4.69, 9.17) is 0 Å². The van der Waals surface area contributed by atoms with Crippen LogP contribution in [0.5, 0.6) is 0 Å². The predicted molar refractivity (Wildman–Crippen MR) is 93.7 cm³/mol. The maximum Gasteiger partial charge on any atom is 0.315 e.